The Hall–Kier alpha value is -4.08. The fourth-order valence-electron chi connectivity index (χ4n) is 17.1. The van der Waals surface area contributed by atoms with Crippen LogP contribution in [0.5, 0.6) is 0 Å². The molecule has 758 valence electrons. The molecule has 11 aliphatic heterocycles. The van der Waals surface area contributed by atoms with Crippen LogP contribution in [0.2, 0.25) is 0 Å². The molecule has 32 N–H and O–H groups in total. The molecule has 11 rings (SSSR count). The summed E-state index contributed by atoms with van der Waals surface area (Å²) in [7, 11) is 0. The summed E-state index contributed by atoms with van der Waals surface area (Å²) in [4.78, 5) is 52.7. The first kappa shape index (κ1) is 107. The van der Waals surface area contributed by atoms with Crippen LogP contribution in [0.4, 0.5) is 0 Å². The highest BCUT2D eigenvalue weighted by Gasteiger charge is 2.62. The predicted octanol–water partition coefficient (Wildman–Crippen LogP) is -21.3. The molecule has 0 aliphatic carbocycles. The largest absolute Gasteiger partial charge is 0.394 e. The summed E-state index contributed by atoms with van der Waals surface area (Å²) in [5.41, 5.74) is 0. The number of hydrogen-bond donors (Lipinski definition) is 32. The third-order valence-corrected chi connectivity index (χ3v) is 24.5. The van der Waals surface area contributed by atoms with Gasteiger partial charge < -0.3 is 264 Å². The Morgan fingerprint density at radius 2 is 0.458 bits per heavy atom. The van der Waals surface area contributed by atoms with E-state index in [9.17, 15) is 162 Å². The second kappa shape index (κ2) is 46.3. The maximum absolute atomic E-state index is 13.3. The Balaban J connectivity index is 0.889. The van der Waals surface area contributed by atoms with E-state index in [0.717, 1.165) is 27.7 Å². The molecule has 0 spiro atoms. The molecule has 57 heteroatoms. The molecule has 0 radical (unpaired) electrons. The second-order valence-electron chi connectivity index (χ2n) is 33.8. The number of hydrogen-bond acceptors (Lipinski definition) is 53. The molecule has 55 atom stereocenters. The van der Waals surface area contributed by atoms with Gasteiger partial charge in [0.1, 0.15) is 250 Å². The van der Waals surface area contributed by atoms with Gasteiger partial charge in [0.2, 0.25) is 23.6 Å². The van der Waals surface area contributed by atoms with Crippen molar-refractivity contribution in [1.29, 1.82) is 0 Å². The minimum atomic E-state index is -2.59. The van der Waals surface area contributed by atoms with Gasteiger partial charge >= 0.3 is 0 Å². The molecule has 0 aromatic heterocycles. The molecular weight excluding hydrogens is 1790 g/mol. The first-order valence-corrected chi connectivity index (χ1v) is 42.2. The predicted molar refractivity (Wildman–Crippen MR) is 404 cm³/mol. The van der Waals surface area contributed by atoms with E-state index in [2.05, 4.69) is 21.3 Å². The minimum absolute atomic E-state index is 0.903. The molecule has 0 aromatic rings. The van der Waals surface area contributed by atoms with Gasteiger partial charge in [-0.1, -0.05) is 0 Å². The first-order chi connectivity index (χ1) is 61.8. The van der Waals surface area contributed by atoms with Crippen molar-refractivity contribution in [3.63, 3.8) is 0 Å². The third kappa shape index (κ3) is 23.7. The van der Waals surface area contributed by atoms with E-state index in [1.165, 1.54) is 20.8 Å². The zero-order chi connectivity index (χ0) is 96.4. The van der Waals surface area contributed by atoms with E-state index >= 15 is 0 Å². The maximum Gasteiger partial charge on any atom is 0.217 e. The number of amides is 4. The number of aliphatic hydroxyl groups is 28. The summed E-state index contributed by atoms with van der Waals surface area (Å²) >= 11 is 0. The molecule has 11 aliphatic rings. The fourth-order valence-corrected chi connectivity index (χ4v) is 17.1. The lowest BCUT2D eigenvalue weighted by Gasteiger charge is -2.51. The SMILES string of the molecule is CC(=O)N[C@H]1[C@H](OC[C@H]2O[C@@H](O[C@H]3[C@@H](O)[C@@H](CO[C@@H]4O[C@H](CO)[C@@H](O[C@@H]5O[C@H](CO)[C@H](O)[C@H](O)[C@H]5O[C@@H]5O[C@@H](C)[C@@H](O)[C@@H](O)[C@@H]5O)[C@H](O)[C@H]4NC(C)=O)OC(O)[C@@H]3NC(C)=O)[C@H](O)[C@@H](O[C@@H]3O[C@H](CO)[C@@H](O[C@@H]4O[C@H](CO)[C@H](O)[C@H](O)[C@H]4O[C@@H]4O[C@@H](C)[C@@H](O)[C@@H](O)[C@@H]4O)[C@H](O)[C@H]3NC(C)=O)[C@H]2O)O[C@H](CO)[C@@H](O[C@@H]2O[C@H](CO)[C@H](O)[C@H](O)[C@H]2O[C@@H]2O[C@@H](C)[C@@H](O)[C@@H](O)[C@@H]2O)[C@@H]1O. The summed E-state index contributed by atoms with van der Waals surface area (Å²) in [6, 6.07) is -7.89. The van der Waals surface area contributed by atoms with Crippen LogP contribution in [-0.2, 0) is 119 Å². The Labute approximate surface area is 743 Å². The molecule has 4 amide bonds. The van der Waals surface area contributed by atoms with Crippen LogP contribution in [0.25, 0.3) is 0 Å². The molecule has 0 bridgehead atoms. The van der Waals surface area contributed by atoms with Crippen LogP contribution in [0, 0.1) is 0 Å². The van der Waals surface area contributed by atoms with Crippen LogP contribution < -0.4 is 21.3 Å². The molecule has 11 fully saturated rings. The highest BCUT2D eigenvalue weighted by molar-refractivity contribution is 5.74. The highest BCUT2D eigenvalue weighted by atomic mass is 16.8. The number of rotatable bonds is 32. The van der Waals surface area contributed by atoms with Crippen LogP contribution in [-0.4, -0.2) is 557 Å². The van der Waals surface area contributed by atoms with Crippen molar-refractivity contribution in [2.75, 3.05) is 52.9 Å². The van der Waals surface area contributed by atoms with Crippen molar-refractivity contribution in [3.8, 4) is 0 Å². The van der Waals surface area contributed by atoms with Gasteiger partial charge in [-0.05, 0) is 20.8 Å². The lowest BCUT2D eigenvalue weighted by molar-refractivity contribution is -0.392. The molecule has 0 aromatic carbocycles. The summed E-state index contributed by atoms with van der Waals surface area (Å²) in [5.74, 6) is -3.89. The van der Waals surface area contributed by atoms with Crippen molar-refractivity contribution < 1.29 is 262 Å². The van der Waals surface area contributed by atoms with Crippen LogP contribution in [0.1, 0.15) is 48.5 Å². The quantitative estimate of drug-likeness (QED) is 0.0297. The lowest BCUT2D eigenvalue weighted by Crippen LogP contribution is -2.71. The molecule has 11 heterocycles. The normalized spacial score (nSPS) is 50.7. The Morgan fingerprint density at radius 3 is 0.771 bits per heavy atom. The second-order valence-corrected chi connectivity index (χ2v) is 33.8. The Morgan fingerprint density at radius 1 is 0.214 bits per heavy atom. The van der Waals surface area contributed by atoms with Crippen molar-refractivity contribution in [2.45, 2.75) is 386 Å². The summed E-state index contributed by atoms with van der Waals surface area (Å²) in [5, 5.41) is 323. The van der Waals surface area contributed by atoms with Gasteiger partial charge in [-0.2, -0.15) is 0 Å². The van der Waals surface area contributed by atoms with Gasteiger partial charge in [-0.15, -0.1) is 0 Å². The summed E-state index contributed by atoms with van der Waals surface area (Å²) in [6.45, 7) is -1.35. The van der Waals surface area contributed by atoms with Crippen molar-refractivity contribution in [3.05, 3.63) is 0 Å². The zero-order valence-electron chi connectivity index (χ0n) is 71.1. The molecular formula is C74H124N4O53. The number of carbonyl (C=O) groups is 4. The number of aliphatic hydroxyl groups excluding tert-OH is 28. The van der Waals surface area contributed by atoms with E-state index in [0.29, 0.717) is 0 Å². The van der Waals surface area contributed by atoms with Crippen LogP contribution in [0.3, 0.4) is 0 Å². The van der Waals surface area contributed by atoms with E-state index < -0.39 is 414 Å². The Bertz CT molecular complexity index is 3600. The van der Waals surface area contributed by atoms with Crippen LogP contribution in [0.15, 0.2) is 0 Å². The standard InChI is InChI=1S/C74H124N4O53/c1-16-35(89)46(100)52(106)68(113-16)129-61-49(103)38(92)23(8-79)117-72(61)124-56-26(11-82)120-65(31(43(56)97)75-19(4)85)111-14-29-41(95)59(34(64(110)116-29)78-22(7)88)127-71-55(109)60(128-67-33(77-21(6)87)45(99)58(28(13-84)122-67)126-74-63(51(105)40(94)25(10-81)119-74)131-70-54(108)48(102)37(91)18(3)115-70)42(96)30(123-71)15-112-66-32(76-20(5)86)44(98)57(27(12-83)121-66)125-73-62(50(104)39(93)24(9-80)118-73)130-69-53(107)47(101)36(90)17(2)114-69/h16-18,23-74,79-84,89-110H,8-15H2,1-7H3,(H,75,85)(H,76,86)(H,77,87)(H,78,88)/t16-,17-,18-,23+,24+,25+,26+,27+,28+,29+,30+,31+,32+,33+,34+,35+,36+,37+,38-,39-,40-,41-,42-,43+,44+,45+,46+,47+,48+,49-,50-,51-,52-,53-,54-,55+,56+,57+,58+,59+,60-,61+,62+,63+,64?,65+,66+,67-,68-,69-,70-,71-,72-,73-,74-/m0/s1. The van der Waals surface area contributed by atoms with Gasteiger partial charge in [0, 0.05) is 27.7 Å². The zero-order valence-corrected chi connectivity index (χ0v) is 71.1. The summed E-state index contributed by atoms with van der Waals surface area (Å²) < 4.78 is 125. The fraction of sp³-hybridized carbons (Fsp3) is 0.946. The smallest absolute Gasteiger partial charge is 0.217 e. The monoisotopic (exact) mass is 1920 g/mol. The number of nitrogens with one attached hydrogen (secondary N) is 4. The van der Waals surface area contributed by atoms with Gasteiger partial charge in [0.25, 0.3) is 0 Å². The first-order valence-electron chi connectivity index (χ1n) is 42.2. The van der Waals surface area contributed by atoms with E-state index in [4.69, 9.17) is 99.5 Å². The topological polar surface area (TPSA) is 877 Å². The molecule has 1 unspecified atom stereocenters. The third-order valence-electron chi connectivity index (χ3n) is 24.5. The van der Waals surface area contributed by atoms with Gasteiger partial charge in [0.15, 0.2) is 69.2 Å². The van der Waals surface area contributed by atoms with Crippen molar-refractivity contribution in [2.24, 2.45) is 0 Å². The van der Waals surface area contributed by atoms with Gasteiger partial charge in [0.05, 0.1) is 71.2 Å². The van der Waals surface area contributed by atoms with Crippen molar-refractivity contribution in [1.82, 2.24) is 21.3 Å². The van der Waals surface area contributed by atoms with E-state index in [1.54, 1.807) is 0 Å². The highest BCUT2D eigenvalue weighted by Crippen LogP contribution is 2.42. The number of ether oxygens (including phenoxy) is 21. The number of carbonyl (C=O) groups excluding carboxylic acids is 4. The van der Waals surface area contributed by atoms with Gasteiger partial charge in [-0.3, -0.25) is 19.2 Å². The molecule has 11 saturated heterocycles. The summed E-state index contributed by atoms with van der Waals surface area (Å²) in [6.07, 6.45) is -102. The average Bonchev–Trinajstić information content (AvgIpc) is 0.763. The lowest BCUT2D eigenvalue weighted by atomic mass is 9.93. The molecule has 57 nitrogen and oxygen atoms in total. The average molecular weight is 1920 g/mol. The minimum Gasteiger partial charge on any atom is -0.394 e. The maximum atomic E-state index is 13.3. The molecule has 131 heavy (non-hydrogen) atoms. The van der Waals surface area contributed by atoms with Crippen molar-refractivity contribution >= 4 is 23.6 Å². The Kier molecular flexibility index (Phi) is 38.0. The molecule has 0 saturated carbocycles. The van der Waals surface area contributed by atoms with E-state index in [1.807, 2.05) is 0 Å². The van der Waals surface area contributed by atoms with Gasteiger partial charge in [-0.25, -0.2) is 0 Å². The van der Waals surface area contributed by atoms with Crippen LogP contribution >= 0.6 is 0 Å². The van der Waals surface area contributed by atoms with E-state index in [-0.39, 0.29) is 0 Å².